The zero-order chi connectivity index (χ0) is 17.2. The van der Waals surface area contributed by atoms with E-state index in [1.165, 1.54) is 12.1 Å². The third-order valence-corrected chi connectivity index (χ3v) is 4.47. The molecule has 2 aromatic heterocycles. The van der Waals surface area contributed by atoms with Gasteiger partial charge in [-0.3, -0.25) is 9.67 Å². The number of nitrogens with zero attached hydrogens (tertiary/aromatic N) is 4. The van der Waals surface area contributed by atoms with Gasteiger partial charge in [-0.1, -0.05) is 0 Å². The first-order valence-corrected chi connectivity index (χ1v) is 8.42. The van der Waals surface area contributed by atoms with Gasteiger partial charge in [0.15, 0.2) is 0 Å². The molecular formula is C19H20FN5. The Hall–Kier alpha value is -2.73. The van der Waals surface area contributed by atoms with Crippen LogP contribution in [0.1, 0.15) is 0 Å². The molecule has 0 spiro atoms. The lowest BCUT2D eigenvalue weighted by Gasteiger charge is -2.30. The standard InChI is InChI=1S/C19H20FN5/c1-24-9-6-17(23-24)16-12-18(14-2-4-15(20)5-3-14)22-13-19(16)25-10-7-21-8-11-25/h2-6,9,12-13,21H,7-8,10-11H2,1H3. The Morgan fingerprint density at radius 3 is 2.48 bits per heavy atom. The fourth-order valence-electron chi connectivity index (χ4n) is 3.15. The molecule has 1 N–H and O–H groups in total. The van der Waals surface area contributed by atoms with Gasteiger partial charge in [0, 0.05) is 50.6 Å². The number of hydrogen-bond acceptors (Lipinski definition) is 4. The number of nitrogens with one attached hydrogen (secondary N) is 1. The number of aryl methyl sites for hydroxylation is 1. The molecule has 0 unspecified atom stereocenters. The van der Waals surface area contributed by atoms with E-state index in [4.69, 9.17) is 0 Å². The lowest BCUT2D eigenvalue weighted by Crippen LogP contribution is -2.43. The van der Waals surface area contributed by atoms with Gasteiger partial charge in [0.2, 0.25) is 0 Å². The van der Waals surface area contributed by atoms with Gasteiger partial charge in [-0.25, -0.2) is 4.39 Å². The van der Waals surface area contributed by atoms with E-state index in [1.54, 1.807) is 16.8 Å². The quantitative estimate of drug-likeness (QED) is 0.798. The molecule has 1 aliphatic heterocycles. The molecule has 6 heteroatoms. The molecule has 1 aromatic carbocycles. The van der Waals surface area contributed by atoms with Crippen molar-refractivity contribution < 1.29 is 4.39 Å². The Bertz CT molecular complexity index is 866. The maximum atomic E-state index is 13.2. The van der Waals surface area contributed by atoms with Crippen molar-refractivity contribution in [3.8, 4) is 22.5 Å². The summed E-state index contributed by atoms with van der Waals surface area (Å²) in [6.07, 6.45) is 3.85. The van der Waals surface area contributed by atoms with Crippen molar-refractivity contribution in [1.82, 2.24) is 20.1 Å². The second kappa shape index (κ2) is 6.64. The van der Waals surface area contributed by atoms with Crippen LogP contribution in [-0.2, 0) is 7.05 Å². The highest BCUT2D eigenvalue weighted by molar-refractivity contribution is 5.80. The van der Waals surface area contributed by atoms with E-state index in [-0.39, 0.29) is 5.82 Å². The maximum absolute atomic E-state index is 13.2. The highest BCUT2D eigenvalue weighted by atomic mass is 19.1. The summed E-state index contributed by atoms with van der Waals surface area (Å²) in [6.45, 7) is 3.80. The minimum Gasteiger partial charge on any atom is -0.367 e. The molecule has 3 heterocycles. The second-order valence-electron chi connectivity index (χ2n) is 6.21. The molecule has 0 radical (unpaired) electrons. The summed E-state index contributed by atoms with van der Waals surface area (Å²) < 4.78 is 15.0. The molecular weight excluding hydrogens is 317 g/mol. The number of anilines is 1. The van der Waals surface area contributed by atoms with E-state index >= 15 is 0 Å². The lowest BCUT2D eigenvalue weighted by atomic mass is 10.0. The molecule has 0 bridgehead atoms. The smallest absolute Gasteiger partial charge is 0.123 e. The zero-order valence-corrected chi connectivity index (χ0v) is 14.1. The lowest BCUT2D eigenvalue weighted by molar-refractivity contribution is 0.589. The van der Waals surface area contributed by atoms with Crippen LogP contribution < -0.4 is 10.2 Å². The average Bonchev–Trinajstić information content (AvgIpc) is 3.09. The minimum atomic E-state index is -0.244. The summed E-state index contributed by atoms with van der Waals surface area (Å²) in [7, 11) is 1.91. The van der Waals surface area contributed by atoms with Gasteiger partial charge in [0.25, 0.3) is 0 Å². The van der Waals surface area contributed by atoms with E-state index in [9.17, 15) is 4.39 Å². The van der Waals surface area contributed by atoms with Crippen molar-refractivity contribution in [1.29, 1.82) is 0 Å². The van der Waals surface area contributed by atoms with Crippen molar-refractivity contribution in [3.05, 3.63) is 54.6 Å². The zero-order valence-electron chi connectivity index (χ0n) is 14.1. The Balaban J connectivity index is 1.80. The Kier molecular flexibility index (Phi) is 4.19. The van der Waals surface area contributed by atoms with Crippen molar-refractivity contribution >= 4 is 5.69 Å². The molecule has 1 aliphatic rings. The summed E-state index contributed by atoms with van der Waals surface area (Å²) in [5.41, 5.74) is 4.77. The first kappa shape index (κ1) is 15.8. The summed E-state index contributed by atoms with van der Waals surface area (Å²) in [5.74, 6) is -0.244. The van der Waals surface area contributed by atoms with E-state index in [2.05, 4.69) is 20.3 Å². The number of benzene rings is 1. The largest absolute Gasteiger partial charge is 0.367 e. The number of aromatic nitrogens is 3. The summed E-state index contributed by atoms with van der Waals surface area (Å²) in [4.78, 5) is 6.96. The first-order valence-electron chi connectivity index (χ1n) is 8.42. The van der Waals surface area contributed by atoms with Crippen LogP contribution in [0.3, 0.4) is 0 Å². The third-order valence-electron chi connectivity index (χ3n) is 4.47. The maximum Gasteiger partial charge on any atom is 0.123 e. The molecule has 0 saturated carbocycles. The number of piperazine rings is 1. The number of halogens is 1. The van der Waals surface area contributed by atoms with Crippen LogP contribution in [0.15, 0.2) is 48.8 Å². The second-order valence-corrected chi connectivity index (χ2v) is 6.21. The molecule has 4 rings (SSSR count). The van der Waals surface area contributed by atoms with Crippen LogP contribution in [0, 0.1) is 5.82 Å². The molecule has 3 aromatic rings. The predicted octanol–water partition coefficient (Wildman–Crippen LogP) is 2.70. The van der Waals surface area contributed by atoms with Gasteiger partial charge in [0.1, 0.15) is 5.82 Å². The molecule has 0 atom stereocenters. The van der Waals surface area contributed by atoms with E-state index in [0.717, 1.165) is 54.4 Å². The summed E-state index contributed by atoms with van der Waals surface area (Å²) in [5, 5.41) is 7.94. The van der Waals surface area contributed by atoms with Gasteiger partial charge < -0.3 is 10.2 Å². The molecule has 1 fully saturated rings. The van der Waals surface area contributed by atoms with Gasteiger partial charge in [-0.05, 0) is 36.4 Å². The highest BCUT2D eigenvalue weighted by Gasteiger charge is 2.18. The molecule has 25 heavy (non-hydrogen) atoms. The van der Waals surface area contributed by atoms with Crippen molar-refractivity contribution in [3.63, 3.8) is 0 Å². The van der Waals surface area contributed by atoms with Crippen LogP contribution in [-0.4, -0.2) is 40.9 Å². The van der Waals surface area contributed by atoms with Crippen LogP contribution in [0.4, 0.5) is 10.1 Å². The highest BCUT2D eigenvalue weighted by Crippen LogP contribution is 2.33. The van der Waals surface area contributed by atoms with Gasteiger partial charge in [-0.2, -0.15) is 5.10 Å². The van der Waals surface area contributed by atoms with E-state index in [0.29, 0.717) is 0 Å². The number of pyridine rings is 1. The molecule has 5 nitrogen and oxygen atoms in total. The minimum absolute atomic E-state index is 0.244. The van der Waals surface area contributed by atoms with E-state index < -0.39 is 0 Å². The van der Waals surface area contributed by atoms with Crippen LogP contribution in [0.5, 0.6) is 0 Å². The normalized spacial score (nSPS) is 14.7. The van der Waals surface area contributed by atoms with Crippen molar-refractivity contribution in [2.24, 2.45) is 7.05 Å². The first-order chi connectivity index (χ1) is 12.2. The topological polar surface area (TPSA) is 46.0 Å². The predicted molar refractivity (Wildman–Crippen MR) is 96.9 cm³/mol. The van der Waals surface area contributed by atoms with Crippen molar-refractivity contribution in [2.75, 3.05) is 31.1 Å². The number of rotatable bonds is 3. The third kappa shape index (κ3) is 3.25. The monoisotopic (exact) mass is 337 g/mol. The van der Waals surface area contributed by atoms with Gasteiger partial charge >= 0.3 is 0 Å². The Morgan fingerprint density at radius 1 is 1.04 bits per heavy atom. The summed E-state index contributed by atoms with van der Waals surface area (Å²) in [6, 6.07) is 10.5. The Morgan fingerprint density at radius 2 is 1.80 bits per heavy atom. The number of hydrogen-bond donors (Lipinski definition) is 1. The van der Waals surface area contributed by atoms with E-state index in [1.807, 2.05) is 31.6 Å². The van der Waals surface area contributed by atoms with Gasteiger partial charge in [-0.15, -0.1) is 0 Å². The molecule has 0 amide bonds. The fraction of sp³-hybridized carbons (Fsp3) is 0.263. The molecule has 128 valence electrons. The van der Waals surface area contributed by atoms with Crippen LogP contribution in [0.25, 0.3) is 22.5 Å². The van der Waals surface area contributed by atoms with Crippen LogP contribution >= 0.6 is 0 Å². The SMILES string of the molecule is Cn1ccc(-c2cc(-c3ccc(F)cc3)ncc2N2CCNCC2)n1. The molecule has 0 aliphatic carbocycles. The van der Waals surface area contributed by atoms with Crippen LogP contribution in [0.2, 0.25) is 0 Å². The average molecular weight is 337 g/mol. The molecule has 1 saturated heterocycles. The Labute approximate surface area is 146 Å². The van der Waals surface area contributed by atoms with Crippen molar-refractivity contribution in [2.45, 2.75) is 0 Å². The van der Waals surface area contributed by atoms with Gasteiger partial charge in [0.05, 0.1) is 23.3 Å². The summed E-state index contributed by atoms with van der Waals surface area (Å²) >= 11 is 0. The fourth-order valence-corrected chi connectivity index (χ4v) is 3.15.